The highest BCUT2D eigenvalue weighted by atomic mass is 16.6. The molecule has 0 aliphatic carbocycles. The fourth-order valence-electron chi connectivity index (χ4n) is 2.45. The maximum Gasteiger partial charge on any atom is 0.331 e. The normalized spacial score (nSPS) is 13.9. The molecule has 1 aromatic carbocycles. The topological polar surface area (TPSA) is 182 Å². The third kappa shape index (κ3) is 5.14. The minimum Gasteiger partial charge on any atom is -0.480 e. The minimum absolute atomic E-state index is 0.0724. The molecule has 1 heterocycles. The number of carboxylic acids is 1. The van der Waals surface area contributed by atoms with E-state index in [4.69, 9.17) is 15.6 Å². The Hall–Kier alpha value is -3.70. The van der Waals surface area contributed by atoms with Crippen molar-refractivity contribution in [3.8, 4) is 5.75 Å². The lowest BCUT2D eigenvalue weighted by atomic mass is 10.1. The second kappa shape index (κ2) is 8.12. The Morgan fingerprint density at radius 1 is 1.41 bits per heavy atom. The summed E-state index contributed by atoms with van der Waals surface area (Å²) in [5.41, 5.74) is 4.96. The molecule has 1 aliphatic heterocycles. The van der Waals surface area contributed by atoms with Crippen molar-refractivity contribution in [3.63, 3.8) is 0 Å². The Morgan fingerprint density at radius 3 is 2.70 bits per heavy atom. The Labute approximate surface area is 152 Å². The molecule has 1 aliphatic rings. The highest BCUT2D eigenvalue weighted by Gasteiger charge is 2.29. The van der Waals surface area contributed by atoms with Crippen molar-refractivity contribution in [3.05, 3.63) is 28.3 Å². The van der Waals surface area contributed by atoms with Crippen LogP contribution in [0, 0.1) is 10.1 Å². The zero-order chi connectivity index (χ0) is 20.1. The molecule has 0 bridgehead atoms. The summed E-state index contributed by atoms with van der Waals surface area (Å²) in [6, 6.07) is 2.26. The number of carbonyl (C=O) groups excluding carboxylic acids is 3. The summed E-state index contributed by atoms with van der Waals surface area (Å²) in [6.45, 7) is -0.683. The number of nitrogens with one attached hydrogen (secondary N) is 1. The van der Waals surface area contributed by atoms with Gasteiger partial charge in [-0.2, -0.15) is 0 Å². The van der Waals surface area contributed by atoms with Crippen molar-refractivity contribution >= 4 is 35.1 Å². The summed E-state index contributed by atoms with van der Waals surface area (Å²) in [6.07, 6.45) is -0.402. The molecule has 0 aromatic heterocycles. The van der Waals surface area contributed by atoms with E-state index in [9.17, 15) is 29.3 Å². The van der Waals surface area contributed by atoms with Crippen LogP contribution in [-0.4, -0.2) is 52.9 Å². The first kappa shape index (κ1) is 19.6. The molecule has 1 atom stereocenters. The zero-order valence-electron chi connectivity index (χ0n) is 13.9. The number of nitro groups is 1. The summed E-state index contributed by atoms with van der Waals surface area (Å²) in [5, 5.41) is 22.2. The molecule has 12 nitrogen and oxygen atoms in total. The number of amides is 2. The Bertz CT molecular complexity index is 809. The maximum absolute atomic E-state index is 12.2. The lowest BCUT2D eigenvalue weighted by molar-refractivity contribution is -0.384. The van der Waals surface area contributed by atoms with Crippen molar-refractivity contribution in [1.82, 2.24) is 5.32 Å². The molecule has 0 saturated heterocycles. The van der Waals surface area contributed by atoms with Gasteiger partial charge in [0.15, 0.2) is 5.75 Å². The second-order valence-corrected chi connectivity index (χ2v) is 5.70. The Morgan fingerprint density at radius 2 is 2.11 bits per heavy atom. The average molecular weight is 380 g/mol. The number of fused-ring (bicyclic) bond motifs is 1. The molecule has 12 heteroatoms. The van der Waals surface area contributed by atoms with Crippen molar-refractivity contribution in [2.24, 2.45) is 5.73 Å². The number of anilines is 1. The molecule has 0 radical (unpaired) electrons. The molecule has 2 amide bonds. The van der Waals surface area contributed by atoms with Crippen LogP contribution in [0.3, 0.4) is 0 Å². The smallest absolute Gasteiger partial charge is 0.331 e. The van der Waals surface area contributed by atoms with Gasteiger partial charge in [-0.1, -0.05) is 0 Å². The van der Waals surface area contributed by atoms with Gasteiger partial charge in [0.2, 0.25) is 11.8 Å². The first-order valence-corrected chi connectivity index (χ1v) is 7.72. The van der Waals surface area contributed by atoms with E-state index in [2.05, 4.69) is 5.32 Å². The highest BCUT2D eigenvalue weighted by Crippen LogP contribution is 2.34. The first-order chi connectivity index (χ1) is 12.7. The number of rotatable bonds is 8. The van der Waals surface area contributed by atoms with Crippen molar-refractivity contribution < 1.29 is 33.9 Å². The average Bonchev–Trinajstić information content (AvgIpc) is 2.57. The summed E-state index contributed by atoms with van der Waals surface area (Å²) >= 11 is 0. The highest BCUT2D eigenvalue weighted by molar-refractivity contribution is 5.91. The number of hydrogen-bond donors (Lipinski definition) is 3. The molecular formula is C15H16N4O8. The van der Waals surface area contributed by atoms with E-state index >= 15 is 0 Å². The van der Waals surface area contributed by atoms with E-state index in [1.54, 1.807) is 0 Å². The summed E-state index contributed by atoms with van der Waals surface area (Å²) in [5.74, 6) is -3.55. The number of benzene rings is 1. The fraction of sp³-hybridized carbons (Fsp3) is 0.333. The Kier molecular flexibility index (Phi) is 5.90. The van der Waals surface area contributed by atoms with Gasteiger partial charge in [0.05, 0.1) is 23.2 Å². The number of esters is 1. The maximum atomic E-state index is 12.2. The zero-order valence-corrected chi connectivity index (χ0v) is 13.9. The fourth-order valence-corrected chi connectivity index (χ4v) is 2.45. The van der Waals surface area contributed by atoms with E-state index in [0.717, 1.165) is 6.07 Å². The predicted octanol–water partition coefficient (Wildman–Crippen LogP) is -0.845. The lowest BCUT2D eigenvalue weighted by Crippen LogP contribution is -2.48. The predicted molar refractivity (Wildman–Crippen MR) is 88.9 cm³/mol. The third-order valence-corrected chi connectivity index (χ3v) is 3.69. The van der Waals surface area contributed by atoms with Gasteiger partial charge in [-0.25, -0.2) is 9.59 Å². The van der Waals surface area contributed by atoms with Gasteiger partial charge in [-0.05, 0) is 12.5 Å². The number of carbonyl (C=O) groups is 4. The summed E-state index contributed by atoms with van der Waals surface area (Å²) in [7, 11) is 0. The molecule has 4 N–H and O–H groups in total. The second-order valence-electron chi connectivity index (χ2n) is 5.70. The molecule has 144 valence electrons. The van der Waals surface area contributed by atoms with Crippen LogP contribution in [0.4, 0.5) is 11.4 Å². The molecule has 1 aromatic rings. The van der Waals surface area contributed by atoms with Crippen LogP contribution in [-0.2, 0) is 19.2 Å². The third-order valence-electron chi connectivity index (χ3n) is 3.69. The SMILES string of the molecule is NC(=O)CCC(NC(=O)CN1CC(=O)Oc2cc([N+](=O)[O-])ccc21)C(=O)O. The van der Waals surface area contributed by atoms with Gasteiger partial charge < -0.3 is 25.8 Å². The number of nitrogens with two attached hydrogens (primary N) is 1. The molecule has 1 unspecified atom stereocenters. The van der Waals surface area contributed by atoms with Gasteiger partial charge >= 0.3 is 11.9 Å². The molecule has 2 rings (SSSR count). The summed E-state index contributed by atoms with van der Waals surface area (Å²) in [4.78, 5) is 57.3. The van der Waals surface area contributed by atoms with E-state index < -0.39 is 34.7 Å². The van der Waals surface area contributed by atoms with Gasteiger partial charge in [0.25, 0.3) is 5.69 Å². The van der Waals surface area contributed by atoms with Crippen LogP contribution in [0.2, 0.25) is 0 Å². The molecule has 0 spiro atoms. The minimum atomic E-state index is -1.33. The van der Waals surface area contributed by atoms with Crippen LogP contribution < -0.4 is 20.7 Å². The van der Waals surface area contributed by atoms with Gasteiger partial charge in [-0.15, -0.1) is 0 Å². The van der Waals surface area contributed by atoms with Gasteiger partial charge in [0, 0.05) is 12.5 Å². The van der Waals surface area contributed by atoms with Crippen LogP contribution in [0.5, 0.6) is 5.75 Å². The molecule has 0 fully saturated rings. The molecule has 0 saturated carbocycles. The first-order valence-electron chi connectivity index (χ1n) is 7.72. The van der Waals surface area contributed by atoms with Crippen molar-refractivity contribution in [2.75, 3.05) is 18.0 Å². The number of nitrogens with zero attached hydrogens (tertiary/aromatic N) is 2. The quantitative estimate of drug-likeness (QED) is 0.224. The molecule has 27 heavy (non-hydrogen) atoms. The van der Waals surface area contributed by atoms with Crippen LogP contribution >= 0.6 is 0 Å². The number of nitro benzene ring substituents is 1. The lowest BCUT2D eigenvalue weighted by Gasteiger charge is -2.29. The van der Waals surface area contributed by atoms with Crippen LogP contribution in [0.15, 0.2) is 18.2 Å². The summed E-state index contributed by atoms with van der Waals surface area (Å²) < 4.78 is 4.96. The van der Waals surface area contributed by atoms with Crippen molar-refractivity contribution in [1.29, 1.82) is 0 Å². The standard InChI is InChI=1S/C15H16N4O8/c16-12(20)4-2-9(15(23)24)17-13(21)6-18-7-14(22)27-11-5-8(19(25)26)1-3-10(11)18/h1,3,5,9H,2,4,6-7H2,(H2,16,20)(H,17,21)(H,23,24). The van der Waals surface area contributed by atoms with Crippen LogP contribution in [0.1, 0.15) is 12.8 Å². The molecular weight excluding hydrogens is 364 g/mol. The van der Waals surface area contributed by atoms with E-state index in [-0.39, 0.29) is 43.1 Å². The number of hydrogen-bond acceptors (Lipinski definition) is 8. The van der Waals surface area contributed by atoms with E-state index in [0.29, 0.717) is 0 Å². The van der Waals surface area contributed by atoms with Gasteiger partial charge in [-0.3, -0.25) is 19.7 Å². The van der Waals surface area contributed by atoms with Crippen LogP contribution in [0.25, 0.3) is 0 Å². The number of carboxylic acid groups (broad SMARTS) is 1. The van der Waals surface area contributed by atoms with Crippen molar-refractivity contribution in [2.45, 2.75) is 18.9 Å². The van der Waals surface area contributed by atoms with E-state index in [1.165, 1.54) is 17.0 Å². The number of ether oxygens (including phenoxy) is 1. The largest absolute Gasteiger partial charge is 0.480 e. The number of aliphatic carboxylic acids is 1. The number of primary amides is 1. The number of non-ortho nitro benzene ring substituents is 1. The monoisotopic (exact) mass is 380 g/mol. The van der Waals surface area contributed by atoms with E-state index in [1.807, 2.05) is 0 Å². The Balaban J connectivity index is 2.11. The van der Waals surface area contributed by atoms with Gasteiger partial charge in [0.1, 0.15) is 12.6 Å².